The summed E-state index contributed by atoms with van der Waals surface area (Å²) < 4.78 is 85.3. The van der Waals surface area contributed by atoms with Crippen molar-refractivity contribution in [2.24, 2.45) is 0 Å². The predicted octanol–water partition coefficient (Wildman–Crippen LogP) is -4.03. The summed E-state index contributed by atoms with van der Waals surface area (Å²) in [5.41, 5.74) is 0. The van der Waals surface area contributed by atoms with Gasteiger partial charge < -0.3 is 84.3 Å². The van der Waals surface area contributed by atoms with Gasteiger partial charge in [-0.2, -0.15) is 0 Å². The fraction of sp³-hybridized carbons (Fsp3) is 0.806. The van der Waals surface area contributed by atoms with Gasteiger partial charge in [0.1, 0.15) is 73.1 Å². The lowest BCUT2D eigenvalue weighted by atomic mass is 9.94. The van der Waals surface area contributed by atoms with Crippen LogP contribution in [0.25, 0.3) is 0 Å². The molecule has 416 valence electrons. The molecule has 0 aliphatic carbocycles. The number of carbonyl (C=O) groups is 4. The molecule has 4 rings (SSSR count). The van der Waals surface area contributed by atoms with E-state index in [9.17, 15) is 54.9 Å². The summed E-state index contributed by atoms with van der Waals surface area (Å²) >= 11 is -0.842. The lowest BCUT2D eigenvalue weighted by Crippen LogP contribution is -2.71. The number of ether oxygens (including phenoxy) is 8. The number of aliphatic hydroxyl groups excluding tert-OH is 5. The predicted molar refractivity (Wildman–Crippen MR) is 217 cm³/mol. The van der Waals surface area contributed by atoms with Crippen LogP contribution in [0.5, 0.6) is 0 Å². The second-order valence-corrected chi connectivity index (χ2v) is 16.3. The first-order valence-electron chi connectivity index (χ1n) is 19.8. The Kier molecular flexibility index (Phi) is 27.6. The molecule has 37 nitrogen and oxygen atoms in total. The van der Waals surface area contributed by atoms with Crippen molar-refractivity contribution in [1.82, 2.24) is 10.6 Å². The van der Waals surface area contributed by atoms with Crippen LogP contribution in [0.4, 0.5) is 0 Å². The number of amides is 2. The van der Waals surface area contributed by atoms with E-state index in [1.807, 2.05) is 0 Å². The van der Waals surface area contributed by atoms with Crippen LogP contribution in [0, 0.1) is 0 Å². The van der Waals surface area contributed by atoms with E-state index in [1.165, 1.54) is 6.08 Å². The Hall–Kier alpha value is -2.14. The minimum absolute atomic E-state index is 0.198. The van der Waals surface area contributed by atoms with Crippen LogP contribution in [0.1, 0.15) is 13.8 Å². The molecule has 41 heteroatoms. The van der Waals surface area contributed by atoms with E-state index in [-0.39, 0.29) is 55.9 Å². The van der Waals surface area contributed by atoms with Gasteiger partial charge in [-0.1, -0.05) is 26.2 Å². The Balaban J connectivity index is 1.83. The quantitative estimate of drug-likeness (QED) is 0.0103. The van der Waals surface area contributed by atoms with Crippen LogP contribution in [0.2, 0.25) is 0 Å². The van der Waals surface area contributed by atoms with E-state index >= 15 is 0 Å². The van der Waals surface area contributed by atoms with E-state index in [1.54, 1.807) is 0 Å². The Morgan fingerprint density at radius 2 is 0.917 bits per heavy atom. The molecule has 4 aliphatic heterocycles. The molecule has 0 saturated carbocycles. The Labute approximate surface area is 419 Å². The monoisotopic (exact) mass is 1140 g/mol. The molecule has 2 amide bonds. The third-order valence-electron chi connectivity index (χ3n) is 10.0. The van der Waals surface area contributed by atoms with E-state index < -0.39 is 160 Å². The van der Waals surface area contributed by atoms with Crippen molar-refractivity contribution in [3.63, 3.8) is 0 Å². The topological polar surface area (TPSA) is 499 Å². The lowest BCUT2D eigenvalue weighted by Gasteiger charge is -2.50. The van der Waals surface area contributed by atoms with E-state index in [0.29, 0.717) is 0 Å². The maximum absolute atomic E-state index is 13.2. The minimum atomic E-state index is -2.43. The lowest BCUT2D eigenvalue weighted by molar-refractivity contribution is -0.436. The van der Waals surface area contributed by atoms with Gasteiger partial charge in [0.05, 0.1) is 19.8 Å². The summed E-state index contributed by atoms with van der Waals surface area (Å²) in [5, 5.41) is 129. The molecule has 4 aliphatic rings. The maximum atomic E-state index is 13.2. The third kappa shape index (κ3) is 16.9. The van der Waals surface area contributed by atoms with Gasteiger partial charge >= 0.3 is 11.9 Å². The maximum Gasteiger partial charge on any atom is 0.335 e. The Morgan fingerprint density at radius 3 is 1.33 bits per heavy atom. The summed E-state index contributed by atoms with van der Waals surface area (Å²) in [5.74, 6) is -5.52. The first kappa shape index (κ1) is 62.4. The number of rotatable bonds is 31. The molecule has 0 aromatic rings. The Bertz CT molecular complexity index is 1670. The average Bonchev–Trinajstić information content (AvgIpc) is 3.33. The van der Waals surface area contributed by atoms with Crippen LogP contribution >= 0.6 is 49.3 Å². The number of nitrogens with one attached hydrogen (secondary N) is 2. The van der Waals surface area contributed by atoms with Crippen LogP contribution in [-0.4, -0.2) is 223 Å². The molecule has 4 heterocycles. The van der Waals surface area contributed by atoms with Gasteiger partial charge in [0.2, 0.25) is 11.8 Å². The summed E-state index contributed by atoms with van der Waals surface area (Å²) in [6, 6.07) is -3.49. The Morgan fingerprint density at radius 1 is 0.528 bits per heavy atom. The van der Waals surface area contributed by atoms with Crippen molar-refractivity contribution in [1.29, 1.82) is 0 Å². The molecular formula is C31H48N2O35S4. The third-order valence-corrected chi connectivity index (χ3v) is 11.7. The number of hydrogen-bond acceptors (Lipinski definition) is 37. The van der Waals surface area contributed by atoms with Gasteiger partial charge in [0.25, 0.3) is 0 Å². The van der Waals surface area contributed by atoms with Crippen LogP contribution in [-0.2, 0) is 111 Å². The molecule has 0 radical (unpaired) electrons. The minimum Gasteiger partial charge on any atom is -0.479 e. The van der Waals surface area contributed by atoms with E-state index in [4.69, 9.17) is 75.7 Å². The highest BCUT2D eigenvalue weighted by Crippen LogP contribution is 2.40. The van der Waals surface area contributed by atoms with Crippen molar-refractivity contribution in [2.75, 3.05) is 19.8 Å². The molecule has 20 atom stereocenters. The molecule has 13 N–H and O–H groups in total. The first-order valence-corrected chi connectivity index (χ1v) is 22.5. The second-order valence-electron chi connectivity index (χ2n) is 14.4. The van der Waals surface area contributed by atoms with Crippen molar-refractivity contribution < 1.29 is 168 Å². The fourth-order valence-electron chi connectivity index (χ4n) is 7.25. The zero-order valence-electron chi connectivity index (χ0n) is 36.3. The zero-order chi connectivity index (χ0) is 53.1. The first-order chi connectivity index (χ1) is 34.5. The van der Waals surface area contributed by atoms with Crippen molar-refractivity contribution in [2.45, 2.75) is 137 Å². The van der Waals surface area contributed by atoms with Gasteiger partial charge in [-0.25, -0.2) is 30.6 Å². The van der Waals surface area contributed by atoms with Gasteiger partial charge in [0.15, 0.2) is 98.9 Å². The molecule has 0 aromatic carbocycles. The number of aliphatic carboxylic acids is 2. The molecule has 8 unspecified atom stereocenters. The van der Waals surface area contributed by atoms with E-state index in [2.05, 4.69) is 54.7 Å². The summed E-state index contributed by atoms with van der Waals surface area (Å²) in [7, 11) is 0. The fourth-order valence-corrected chi connectivity index (χ4v) is 8.68. The standard InChI is InChI=1S/C31H48N2O35S4/c1-4-5-49-28-12(32-8(2)36)17(14(38)10(6-34)50-28)52-31-25(60-72-68-64-48)22(58-70-66-62-46)21(23(56-31)27(43)44)55-29-13(33-9(3)37)18(15(39)11(7-35)51-29)53-30-24(59-71-67-63-47)19(57-69-65-61-45)16(40)20(54-30)26(41)42/h4,10-25,28-31,34-35,38-40,45-48H,1,5-7H2,2-3H3,(H,32,36)(H,33,37)(H,41,42)(H,43,44)/t10?,11?,12?,13?,14-,15-,16-,17+,18+,19-,20?,21-,22-,23?,24?,25?,28+,29-,30+,31+/m0/s1. The summed E-state index contributed by atoms with van der Waals surface area (Å²) in [6.07, 6.45) is -35.6. The van der Waals surface area contributed by atoms with Crippen molar-refractivity contribution in [3.8, 4) is 0 Å². The number of aliphatic hydroxyl groups is 5. The average molecular weight is 1140 g/mol. The van der Waals surface area contributed by atoms with Crippen molar-refractivity contribution >= 4 is 73.0 Å². The van der Waals surface area contributed by atoms with Crippen LogP contribution < -0.4 is 10.6 Å². The molecule has 0 aromatic heterocycles. The summed E-state index contributed by atoms with van der Waals surface area (Å²) in [6.45, 7) is 3.26. The highest BCUT2D eigenvalue weighted by Gasteiger charge is 2.60. The van der Waals surface area contributed by atoms with Crippen LogP contribution in [0.15, 0.2) is 12.7 Å². The SMILES string of the molecule is C=CCO[C@@H]1OC(CO)[C@H](O)[C@H](O[C@@H]2OC(C(=O)O)[C@@H](O[C@@H]3OC(CO)[C@H](O)[C@H](O[C@@H]4OC(C(=O)O)[C@@H](O)[C@H](OSOOO)C4OSOOO)C3NC(C)=O)[C@H](OSOOO)C2OSOOO)C1NC(C)=O. The van der Waals surface area contributed by atoms with Gasteiger partial charge in [0, 0.05) is 13.8 Å². The number of carbonyl (C=O) groups excluding carboxylic acids is 2. The molecule has 4 fully saturated rings. The number of carboxylic acids is 2. The normalized spacial score (nSPS) is 37.2. The van der Waals surface area contributed by atoms with Crippen molar-refractivity contribution in [3.05, 3.63) is 12.7 Å². The molecular weight excluding hydrogens is 1090 g/mol. The smallest absolute Gasteiger partial charge is 0.335 e. The molecule has 0 bridgehead atoms. The number of carboxylic acid groups (broad SMARTS) is 2. The second kappa shape index (κ2) is 31.8. The molecule has 0 spiro atoms. The van der Waals surface area contributed by atoms with Gasteiger partial charge in [-0.15, -0.1) is 23.9 Å². The highest BCUT2D eigenvalue weighted by atomic mass is 32.2. The highest BCUT2D eigenvalue weighted by molar-refractivity contribution is 7.90. The molecule has 72 heavy (non-hydrogen) atoms. The van der Waals surface area contributed by atoms with Gasteiger partial charge in [-0.3, -0.25) is 26.3 Å². The zero-order valence-corrected chi connectivity index (χ0v) is 39.6. The molecule has 4 saturated heterocycles. The summed E-state index contributed by atoms with van der Waals surface area (Å²) in [4.78, 5) is 50.9. The largest absolute Gasteiger partial charge is 0.479 e. The number of hydrogen-bond donors (Lipinski definition) is 13. The van der Waals surface area contributed by atoms with Gasteiger partial charge in [-0.05, 0) is 0 Å². The van der Waals surface area contributed by atoms with Crippen LogP contribution in [0.3, 0.4) is 0 Å². The van der Waals surface area contributed by atoms with E-state index in [0.717, 1.165) is 13.8 Å².